The second-order valence-electron chi connectivity index (χ2n) is 3.44. The van der Waals surface area contributed by atoms with Crippen LogP contribution in [0.3, 0.4) is 0 Å². The molecule has 1 aromatic rings. The van der Waals surface area contributed by atoms with E-state index in [0.29, 0.717) is 18.5 Å². The fourth-order valence-corrected chi connectivity index (χ4v) is 1.70. The lowest BCUT2D eigenvalue weighted by Gasteiger charge is -2.06. The lowest BCUT2D eigenvalue weighted by atomic mass is 9.97. The predicted molar refractivity (Wildman–Crippen MR) is 51.5 cm³/mol. The van der Waals surface area contributed by atoms with E-state index < -0.39 is 0 Å². The van der Waals surface area contributed by atoms with Crippen LogP contribution in [-0.2, 0) is 4.79 Å². The topological polar surface area (TPSA) is 52.9 Å². The maximum absolute atomic E-state index is 11.0. The van der Waals surface area contributed by atoms with Gasteiger partial charge in [0.1, 0.15) is 0 Å². The van der Waals surface area contributed by atoms with Crippen LogP contribution in [0.4, 0.5) is 0 Å². The van der Waals surface area contributed by atoms with E-state index in [9.17, 15) is 4.79 Å². The van der Waals surface area contributed by atoms with Crippen LogP contribution in [0, 0.1) is 11.3 Å². The van der Waals surface area contributed by atoms with Crippen molar-refractivity contribution in [3.63, 3.8) is 0 Å². The van der Waals surface area contributed by atoms with Crippen LogP contribution < -0.4 is 5.32 Å². The van der Waals surface area contributed by atoms with E-state index in [4.69, 9.17) is 5.26 Å². The number of hydrogen-bond donors (Lipinski definition) is 1. The first-order valence-electron chi connectivity index (χ1n) is 4.56. The van der Waals surface area contributed by atoms with E-state index in [1.54, 1.807) is 6.07 Å². The smallest absolute Gasteiger partial charge is 0.220 e. The Balaban J connectivity index is 2.24. The summed E-state index contributed by atoms with van der Waals surface area (Å²) in [5, 5.41) is 11.5. The number of carbonyl (C=O) groups excluding carboxylic acids is 1. The first kappa shape index (κ1) is 8.76. The van der Waals surface area contributed by atoms with Crippen molar-refractivity contribution in [2.75, 3.05) is 6.54 Å². The van der Waals surface area contributed by atoms with Crippen molar-refractivity contribution in [1.29, 1.82) is 5.26 Å². The summed E-state index contributed by atoms with van der Waals surface area (Å²) in [7, 11) is 0. The van der Waals surface area contributed by atoms with Crippen molar-refractivity contribution >= 4 is 5.91 Å². The highest BCUT2D eigenvalue weighted by atomic mass is 16.1. The van der Waals surface area contributed by atoms with E-state index in [1.165, 1.54) is 0 Å². The molecule has 1 unspecified atom stereocenters. The van der Waals surface area contributed by atoms with Crippen molar-refractivity contribution in [3.05, 3.63) is 35.4 Å². The Bertz CT molecular complexity index is 406. The molecular weight excluding hydrogens is 176 g/mol. The summed E-state index contributed by atoms with van der Waals surface area (Å²) >= 11 is 0. The van der Waals surface area contributed by atoms with Crippen LogP contribution in [0.15, 0.2) is 24.3 Å². The highest BCUT2D eigenvalue weighted by Crippen LogP contribution is 2.23. The summed E-state index contributed by atoms with van der Waals surface area (Å²) < 4.78 is 0. The molecule has 3 nitrogen and oxygen atoms in total. The number of hydrogen-bond acceptors (Lipinski definition) is 2. The summed E-state index contributed by atoms with van der Waals surface area (Å²) in [5.74, 6) is 0.327. The second-order valence-corrected chi connectivity index (χ2v) is 3.44. The van der Waals surface area contributed by atoms with Crippen molar-refractivity contribution < 1.29 is 4.79 Å². The van der Waals surface area contributed by atoms with Gasteiger partial charge in [0.2, 0.25) is 5.91 Å². The molecule has 1 saturated heterocycles. The molecule has 1 atom stereocenters. The Morgan fingerprint density at radius 1 is 1.50 bits per heavy atom. The zero-order valence-corrected chi connectivity index (χ0v) is 7.66. The van der Waals surface area contributed by atoms with E-state index in [2.05, 4.69) is 11.4 Å². The van der Waals surface area contributed by atoms with Crippen molar-refractivity contribution in [2.45, 2.75) is 12.3 Å². The Hall–Kier alpha value is -1.82. The van der Waals surface area contributed by atoms with Gasteiger partial charge in [0.05, 0.1) is 11.6 Å². The Morgan fingerprint density at radius 3 is 3.00 bits per heavy atom. The minimum atomic E-state index is 0.0948. The quantitative estimate of drug-likeness (QED) is 0.715. The van der Waals surface area contributed by atoms with E-state index in [-0.39, 0.29) is 11.8 Å². The highest BCUT2D eigenvalue weighted by molar-refractivity contribution is 5.79. The number of nitrogens with zero attached hydrogens (tertiary/aromatic N) is 1. The summed E-state index contributed by atoms with van der Waals surface area (Å²) in [6.07, 6.45) is 0.537. The van der Waals surface area contributed by atoms with E-state index in [1.807, 2.05) is 18.2 Å². The molecule has 0 spiro atoms. The molecule has 3 heteroatoms. The molecule has 1 amide bonds. The third-order valence-electron chi connectivity index (χ3n) is 2.46. The fraction of sp³-hybridized carbons (Fsp3) is 0.273. The molecule has 14 heavy (non-hydrogen) atoms. The van der Waals surface area contributed by atoms with Gasteiger partial charge in [-0.2, -0.15) is 5.26 Å². The van der Waals surface area contributed by atoms with Crippen LogP contribution >= 0.6 is 0 Å². The fourth-order valence-electron chi connectivity index (χ4n) is 1.70. The molecule has 0 aliphatic carbocycles. The largest absolute Gasteiger partial charge is 0.355 e. The maximum Gasteiger partial charge on any atom is 0.220 e. The zero-order valence-electron chi connectivity index (χ0n) is 7.66. The van der Waals surface area contributed by atoms with Crippen LogP contribution in [0.5, 0.6) is 0 Å². The number of nitriles is 1. The zero-order chi connectivity index (χ0) is 9.97. The second kappa shape index (κ2) is 3.51. The van der Waals surface area contributed by atoms with Crippen molar-refractivity contribution in [3.8, 4) is 6.07 Å². The third kappa shape index (κ3) is 1.60. The average Bonchev–Trinajstić information content (AvgIpc) is 2.65. The lowest BCUT2D eigenvalue weighted by molar-refractivity contribution is -0.119. The first-order chi connectivity index (χ1) is 6.79. The van der Waals surface area contributed by atoms with Gasteiger partial charge in [-0.15, -0.1) is 0 Å². The summed E-state index contributed by atoms with van der Waals surface area (Å²) in [6.45, 7) is 0.688. The predicted octanol–water partition coefficient (Wildman–Crippen LogP) is 1.16. The molecule has 1 heterocycles. The molecule has 70 valence electrons. The number of benzene rings is 1. The summed E-state index contributed by atoms with van der Waals surface area (Å²) in [6, 6.07) is 9.54. The Labute approximate surface area is 82.4 Å². The maximum atomic E-state index is 11.0. The van der Waals surface area contributed by atoms with Gasteiger partial charge in [-0.3, -0.25) is 4.79 Å². The molecule has 1 aliphatic heterocycles. The molecule has 1 fully saturated rings. The van der Waals surface area contributed by atoms with Crippen LogP contribution in [0.1, 0.15) is 23.5 Å². The normalized spacial score (nSPS) is 20.2. The first-order valence-corrected chi connectivity index (χ1v) is 4.56. The van der Waals surface area contributed by atoms with Crippen LogP contribution in [0.2, 0.25) is 0 Å². The molecule has 0 radical (unpaired) electrons. The number of nitrogens with one attached hydrogen (secondary N) is 1. The number of rotatable bonds is 1. The molecular formula is C11H10N2O. The Morgan fingerprint density at radius 2 is 2.36 bits per heavy atom. The van der Waals surface area contributed by atoms with Crippen molar-refractivity contribution in [1.82, 2.24) is 5.32 Å². The molecule has 0 saturated carbocycles. The van der Waals surface area contributed by atoms with Gasteiger partial charge in [0.25, 0.3) is 0 Å². The summed E-state index contributed by atoms with van der Waals surface area (Å²) in [4.78, 5) is 11.0. The van der Waals surface area contributed by atoms with Gasteiger partial charge < -0.3 is 5.32 Å². The van der Waals surface area contributed by atoms with Gasteiger partial charge in [-0.05, 0) is 17.7 Å². The molecule has 1 aromatic carbocycles. The minimum Gasteiger partial charge on any atom is -0.355 e. The van der Waals surface area contributed by atoms with Crippen LogP contribution in [0.25, 0.3) is 0 Å². The molecule has 1 N–H and O–H groups in total. The van der Waals surface area contributed by atoms with Gasteiger partial charge in [-0.1, -0.05) is 12.1 Å². The van der Waals surface area contributed by atoms with Crippen molar-refractivity contribution in [2.24, 2.45) is 0 Å². The SMILES string of the molecule is N#Cc1cccc(C2CNC(=O)C2)c1. The molecule has 2 rings (SSSR count). The summed E-state index contributed by atoms with van der Waals surface area (Å²) in [5.41, 5.74) is 1.73. The van der Waals surface area contributed by atoms with E-state index in [0.717, 1.165) is 5.56 Å². The highest BCUT2D eigenvalue weighted by Gasteiger charge is 2.22. The van der Waals surface area contributed by atoms with Gasteiger partial charge in [0, 0.05) is 18.9 Å². The number of amides is 1. The number of carbonyl (C=O) groups is 1. The average molecular weight is 186 g/mol. The third-order valence-corrected chi connectivity index (χ3v) is 2.46. The minimum absolute atomic E-state index is 0.0948. The van der Waals surface area contributed by atoms with Crippen LogP contribution in [-0.4, -0.2) is 12.5 Å². The van der Waals surface area contributed by atoms with Gasteiger partial charge in [-0.25, -0.2) is 0 Å². The standard InChI is InChI=1S/C11H10N2O/c12-6-8-2-1-3-9(4-8)10-5-11(14)13-7-10/h1-4,10H,5,7H2,(H,13,14). The molecule has 1 aliphatic rings. The lowest BCUT2D eigenvalue weighted by Crippen LogP contribution is -2.13. The van der Waals surface area contributed by atoms with E-state index >= 15 is 0 Å². The van der Waals surface area contributed by atoms with Gasteiger partial charge >= 0.3 is 0 Å². The molecule has 0 bridgehead atoms. The van der Waals surface area contributed by atoms with Gasteiger partial charge in [0.15, 0.2) is 0 Å². The molecule has 0 aromatic heterocycles. The Kier molecular flexibility index (Phi) is 2.19. The monoisotopic (exact) mass is 186 g/mol.